The Morgan fingerprint density at radius 3 is 1.97 bits per heavy atom. The maximum atomic E-state index is 11.3. The van der Waals surface area contributed by atoms with Crippen molar-refractivity contribution in [1.82, 2.24) is 0 Å². The lowest BCUT2D eigenvalue weighted by atomic mass is 9.96. The van der Waals surface area contributed by atoms with Gasteiger partial charge in [-0.1, -0.05) is 0 Å². The van der Waals surface area contributed by atoms with Gasteiger partial charge in [0.15, 0.2) is 25.0 Å². The van der Waals surface area contributed by atoms with Crippen molar-refractivity contribution >= 4 is 5.97 Å². The van der Waals surface area contributed by atoms with Gasteiger partial charge < -0.3 is 74.7 Å². The van der Waals surface area contributed by atoms with E-state index in [0.717, 1.165) is 0 Å². The van der Waals surface area contributed by atoms with E-state index in [9.17, 15) is 50.8 Å². The molecule has 0 aromatic carbocycles. The molecule has 3 aliphatic rings. The molecule has 0 aliphatic carbocycles. The Balaban J connectivity index is 1.82. The molecule has 3 aliphatic heterocycles. The van der Waals surface area contributed by atoms with Crippen LogP contribution in [0.5, 0.6) is 0 Å². The monoisotopic (exact) mass is 488 g/mol. The van der Waals surface area contributed by atoms with E-state index in [1.54, 1.807) is 0 Å². The van der Waals surface area contributed by atoms with E-state index in [1.165, 1.54) is 0 Å². The molecule has 16 nitrogen and oxygen atoms in total. The van der Waals surface area contributed by atoms with Gasteiger partial charge >= 0.3 is 5.97 Å². The summed E-state index contributed by atoms with van der Waals surface area (Å²) in [5.41, 5.74) is 0. The highest BCUT2D eigenvalue weighted by molar-refractivity contribution is 5.73. The van der Waals surface area contributed by atoms with Crippen LogP contribution in [0.1, 0.15) is 0 Å². The van der Waals surface area contributed by atoms with Gasteiger partial charge in [-0.2, -0.15) is 0 Å². The van der Waals surface area contributed by atoms with Crippen molar-refractivity contribution in [2.24, 2.45) is 0 Å². The number of hydrogen-bond acceptors (Lipinski definition) is 15. The maximum Gasteiger partial charge on any atom is 0.335 e. The van der Waals surface area contributed by atoms with Crippen molar-refractivity contribution in [2.75, 3.05) is 13.2 Å². The fourth-order valence-corrected chi connectivity index (χ4v) is 3.73. The average Bonchev–Trinajstić information content (AvgIpc) is 2.77. The second-order valence-corrected chi connectivity index (χ2v) is 7.93. The minimum atomic E-state index is -2.03. The SMILES string of the molecule is O=C(O)[C@H]1O[C@@H](O[C@H]2[C@H](O)[C@@H](CO)OC(O)[C@@H]2O[C@@H]2OC[C@@H](O)[C@H](O)[C@H]2O)[C@H](O)[C@@H](O)[C@@H]1O. The van der Waals surface area contributed by atoms with Crippen LogP contribution in [0, 0.1) is 0 Å². The molecule has 3 saturated heterocycles. The Hall–Kier alpha value is -1.09. The number of aliphatic hydroxyl groups excluding tert-OH is 9. The van der Waals surface area contributed by atoms with E-state index < -0.39 is 105 Å². The highest BCUT2D eigenvalue weighted by Crippen LogP contribution is 2.31. The molecule has 0 radical (unpaired) electrons. The van der Waals surface area contributed by atoms with Crippen molar-refractivity contribution in [2.45, 2.75) is 86.0 Å². The number of carboxylic acids is 1. The smallest absolute Gasteiger partial charge is 0.335 e. The van der Waals surface area contributed by atoms with Crippen LogP contribution < -0.4 is 0 Å². The predicted molar refractivity (Wildman–Crippen MR) is 95.8 cm³/mol. The zero-order valence-electron chi connectivity index (χ0n) is 16.9. The van der Waals surface area contributed by atoms with Gasteiger partial charge in [0.2, 0.25) is 0 Å². The number of hydrogen-bond donors (Lipinski definition) is 10. The Bertz CT molecular complexity index is 665. The van der Waals surface area contributed by atoms with Gasteiger partial charge in [0.1, 0.15) is 61.0 Å². The van der Waals surface area contributed by atoms with Crippen LogP contribution in [-0.4, -0.2) is 156 Å². The predicted octanol–water partition coefficient (Wildman–Crippen LogP) is -6.84. The van der Waals surface area contributed by atoms with Crippen LogP contribution in [0.15, 0.2) is 0 Å². The average molecular weight is 488 g/mol. The van der Waals surface area contributed by atoms with Gasteiger partial charge in [-0.3, -0.25) is 0 Å². The van der Waals surface area contributed by atoms with Gasteiger partial charge in [0.25, 0.3) is 0 Å². The Kier molecular flexibility index (Phi) is 8.57. The number of rotatable bonds is 6. The third kappa shape index (κ3) is 5.29. The van der Waals surface area contributed by atoms with Crippen molar-refractivity contribution in [3.63, 3.8) is 0 Å². The molecule has 3 heterocycles. The summed E-state index contributed by atoms with van der Waals surface area (Å²) in [5.74, 6) is -1.69. The first-order chi connectivity index (χ1) is 15.5. The molecule has 0 aromatic heterocycles. The quantitative estimate of drug-likeness (QED) is 0.166. The topological polar surface area (TPSA) is 266 Å². The standard InChI is InChI=1S/C17H28O16/c18-1-4-6(21)11(31-17-10(25)7(22)8(23)12(32-17)14(26)27)13(15(28)30-4)33-16-9(24)5(20)3(19)2-29-16/h3-13,15-25,28H,1-2H2,(H,26,27)/t3-,4-,5+,6-,7+,8+,9-,10-,11+,12+,13-,15?,16+,17-/m1/s1. The first-order valence-corrected chi connectivity index (χ1v) is 9.99. The summed E-state index contributed by atoms with van der Waals surface area (Å²) < 4.78 is 25.9. The lowest BCUT2D eigenvalue weighted by Crippen LogP contribution is -2.66. The highest BCUT2D eigenvalue weighted by Gasteiger charge is 2.53. The van der Waals surface area contributed by atoms with Crippen molar-refractivity contribution in [3.05, 3.63) is 0 Å². The summed E-state index contributed by atoms with van der Waals surface area (Å²) in [4.78, 5) is 11.3. The number of carbonyl (C=O) groups is 1. The Labute approximate surface area is 185 Å². The van der Waals surface area contributed by atoms with Crippen LogP contribution in [-0.2, 0) is 28.5 Å². The molecular formula is C17H28O16. The molecule has 14 atom stereocenters. The first-order valence-electron chi connectivity index (χ1n) is 9.99. The third-order valence-electron chi connectivity index (χ3n) is 5.67. The number of carboxylic acid groups (broad SMARTS) is 1. The van der Waals surface area contributed by atoms with Crippen molar-refractivity contribution in [1.29, 1.82) is 0 Å². The second kappa shape index (κ2) is 10.7. The van der Waals surface area contributed by atoms with Crippen LogP contribution in [0.2, 0.25) is 0 Å². The minimum Gasteiger partial charge on any atom is -0.479 e. The van der Waals surface area contributed by atoms with E-state index in [4.69, 9.17) is 28.8 Å². The summed E-state index contributed by atoms with van der Waals surface area (Å²) >= 11 is 0. The van der Waals surface area contributed by atoms with Crippen LogP contribution in [0.3, 0.4) is 0 Å². The molecule has 0 amide bonds. The Morgan fingerprint density at radius 2 is 1.36 bits per heavy atom. The molecule has 10 N–H and O–H groups in total. The van der Waals surface area contributed by atoms with E-state index in [2.05, 4.69) is 0 Å². The molecule has 0 bridgehead atoms. The van der Waals surface area contributed by atoms with Gasteiger partial charge in [0.05, 0.1) is 13.2 Å². The summed E-state index contributed by atoms with van der Waals surface area (Å²) in [6.45, 7) is -1.28. The number of ether oxygens (including phenoxy) is 5. The molecular weight excluding hydrogens is 460 g/mol. The second-order valence-electron chi connectivity index (χ2n) is 7.93. The summed E-state index contributed by atoms with van der Waals surface area (Å²) in [7, 11) is 0. The maximum absolute atomic E-state index is 11.3. The van der Waals surface area contributed by atoms with Crippen molar-refractivity contribution in [3.8, 4) is 0 Å². The fourth-order valence-electron chi connectivity index (χ4n) is 3.73. The molecule has 0 spiro atoms. The first kappa shape index (κ1) is 26.5. The molecule has 3 fully saturated rings. The lowest BCUT2D eigenvalue weighted by molar-refractivity contribution is -0.380. The van der Waals surface area contributed by atoms with E-state index in [-0.39, 0.29) is 0 Å². The van der Waals surface area contributed by atoms with Gasteiger partial charge in [-0.15, -0.1) is 0 Å². The molecule has 0 saturated carbocycles. The summed E-state index contributed by atoms with van der Waals surface area (Å²) in [6.07, 6.45) is -25.3. The van der Waals surface area contributed by atoms with E-state index in [1.807, 2.05) is 0 Å². The van der Waals surface area contributed by atoms with Gasteiger partial charge in [-0.25, -0.2) is 4.79 Å². The fraction of sp³-hybridized carbons (Fsp3) is 0.941. The van der Waals surface area contributed by atoms with Crippen molar-refractivity contribution < 1.29 is 79.5 Å². The molecule has 1 unspecified atom stereocenters. The molecule has 0 aromatic rings. The number of aliphatic carboxylic acids is 1. The molecule has 192 valence electrons. The molecule has 3 rings (SSSR count). The van der Waals surface area contributed by atoms with E-state index >= 15 is 0 Å². The molecule has 16 heteroatoms. The lowest BCUT2D eigenvalue weighted by Gasteiger charge is -2.47. The van der Waals surface area contributed by atoms with Gasteiger partial charge in [0, 0.05) is 0 Å². The van der Waals surface area contributed by atoms with Crippen LogP contribution in [0.4, 0.5) is 0 Å². The van der Waals surface area contributed by atoms with Crippen LogP contribution in [0.25, 0.3) is 0 Å². The highest BCUT2D eigenvalue weighted by atomic mass is 16.8. The zero-order valence-corrected chi connectivity index (χ0v) is 16.9. The normalized spacial score (nSPS) is 51.3. The van der Waals surface area contributed by atoms with E-state index in [0.29, 0.717) is 0 Å². The largest absolute Gasteiger partial charge is 0.479 e. The van der Waals surface area contributed by atoms with Gasteiger partial charge in [-0.05, 0) is 0 Å². The minimum absolute atomic E-state index is 0.464. The zero-order chi connectivity index (χ0) is 24.6. The summed E-state index contributed by atoms with van der Waals surface area (Å²) in [5, 5.41) is 98.9. The summed E-state index contributed by atoms with van der Waals surface area (Å²) in [6, 6.07) is 0. The third-order valence-corrected chi connectivity index (χ3v) is 5.67. The van der Waals surface area contributed by atoms with Crippen LogP contribution >= 0.6 is 0 Å². The molecule has 33 heavy (non-hydrogen) atoms. The number of aliphatic hydroxyl groups is 9. The Morgan fingerprint density at radius 1 is 0.758 bits per heavy atom.